The van der Waals surface area contributed by atoms with Crippen LogP contribution in [0.1, 0.15) is 16.7 Å². The highest BCUT2D eigenvalue weighted by Gasteiger charge is 2.29. The van der Waals surface area contributed by atoms with Gasteiger partial charge in [0.05, 0.1) is 11.2 Å². The van der Waals surface area contributed by atoms with Crippen LogP contribution < -0.4 is 0 Å². The van der Waals surface area contributed by atoms with Gasteiger partial charge in [0.15, 0.2) is 0 Å². The molecule has 6 rings (SSSR count). The van der Waals surface area contributed by atoms with Crippen molar-refractivity contribution in [2.45, 2.75) is 13.0 Å². The number of fused-ring (bicyclic) bond motifs is 7. The van der Waals surface area contributed by atoms with Gasteiger partial charge in [-0.05, 0) is 22.3 Å². The summed E-state index contributed by atoms with van der Waals surface area (Å²) in [6.07, 6.45) is 1.06. The standard InChI is InChI=1S/C22H15N/c1-4-9-17-14(6-1)12-20-19-11-5-10-18-16-8-3-2-7-15(16)13-23(21(17)20)22(18)19/h1-11H,12-13H2. The number of hydrogen-bond donors (Lipinski definition) is 0. The first kappa shape index (κ1) is 11.7. The molecule has 1 heteroatoms. The van der Waals surface area contributed by atoms with E-state index in [9.17, 15) is 0 Å². The molecule has 0 unspecified atom stereocenters. The van der Waals surface area contributed by atoms with Crippen molar-refractivity contribution in [1.82, 2.24) is 4.57 Å². The average molecular weight is 293 g/mol. The second-order valence-corrected chi connectivity index (χ2v) is 6.61. The van der Waals surface area contributed by atoms with E-state index >= 15 is 0 Å². The van der Waals surface area contributed by atoms with Crippen molar-refractivity contribution in [3.8, 4) is 22.4 Å². The number of rotatable bonds is 0. The Morgan fingerprint density at radius 2 is 1.39 bits per heavy atom. The highest BCUT2D eigenvalue weighted by molar-refractivity contribution is 6.04. The molecular formula is C22H15N. The maximum atomic E-state index is 2.55. The number of aromatic nitrogens is 1. The highest BCUT2D eigenvalue weighted by Crippen LogP contribution is 2.47. The fourth-order valence-electron chi connectivity index (χ4n) is 4.53. The zero-order valence-corrected chi connectivity index (χ0v) is 12.7. The van der Waals surface area contributed by atoms with Gasteiger partial charge in [0.2, 0.25) is 0 Å². The largest absolute Gasteiger partial charge is 0.335 e. The topological polar surface area (TPSA) is 4.93 Å². The summed E-state index contributed by atoms with van der Waals surface area (Å²) in [5.74, 6) is 0. The first-order valence-corrected chi connectivity index (χ1v) is 8.22. The lowest BCUT2D eigenvalue weighted by molar-refractivity contribution is 0.837. The quantitative estimate of drug-likeness (QED) is 0.361. The third-order valence-corrected chi connectivity index (χ3v) is 5.46. The molecule has 2 aliphatic rings. The maximum absolute atomic E-state index is 2.55. The molecule has 108 valence electrons. The Kier molecular flexibility index (Phi) is 2.01. The molecule has 23 heavy (non-hydrogen) atoms. The number of hydrogen-bond acceptors (Lipinski definition) is 0. The zero-order chi connectivity index (χ0) is 15.0. The van der Waals surface area contributed by atoms with E-state index in [0.29, 0.717) is 0 Å². The Morgan fingerprint density at radius 3 is 2.30 bits per heavy atom. The van der Waals surface area contributed by atoms with Crippen LogP contribution in [0.2, 0.25) is 0 Å². The van der Waals surface area contributed by atoms with E-state index < -0.39 is 0 Å². The number of para-hydroxylation sites is 1. The van der Waals surface area contributed by atoms with Gasteiger partial charge in [-0.2, -0.15) is 0 Å². The van der Waals surface area contributed by atoms with Crippen molar-refractivity contribution in [3.05, 3.63) is 83.4 Å². The molecule has 0 amide bonds. The van der Waals surface area contributed by atoms with Gasteiger partial charge in [0.1, 0.15) is 0 Å². The third-order valence-electron chi connectivity index (χ3n) is 5.46. The Balaban J connectivity index is 1.80. The molecule has 0 saturated heterocycles. The molecule has 1 nitrogen and oxygen atoms in total. The normalized spacial score (nSPS) is 13.7. The summed E-state index contributed by atoms with van der Waals surface area (Å²) < 4.78 is 2.55. The van der Waals surface area contributed by atoms with E-state index in [0.717, 1.165) is 13.0 Å². The lowest BCUT2D eigenvalue weighted by Crippen LogP contribution is -2.08. The molecule has 3 aromatic carbocycles. The molecule has 1 aliphatic heterocycles. The fourth-order valence-corrected chi connectivity index (χ4v) is 4.53. The summed E-state index contributed by atoms with van der Waals surface area (Å²) in [7, 11) is 0. The van der Waals surface area contributed by atoms with Gasteiger partial charge in [0, 0.05) is 29.5 Å². The molecule has 1 aromatic heterocycles. The van der Waals surface area contributed by atoms with Crippen LogP contribution in [0.15, 0.2) is 66.7 Å². The second-order valence-electron chi connectivity index (χ2n) is 6.61. The first-order valence-electron chi connectivity index (χ1n) is 8.22. The molecule has 0 N–H and O–H groups in total. The van der Waals surface area contributed by atoms with Crippen LogP contribution in [0.4, 0.5) is 0 Å². The summed E-state index contributed by atoms with van der Waals surface area (Å²) in [6.45, 7) is 0.980. The fraction of sp³-hybridized carbons (Fsp3) is 0.0909. The average Bonchev–Trinajstić information content (AvgIpc) is 3.13. The van der Waals surface area contributed by atoms with Gasteiger partial charge in [-0.15, -0.1) is 0 Å². The SMILES string of the molecule is c1ccc2c(c1)Cn1c3c(c4cccc-2c41)Cc1ccccc1-3. The maximum Gasteiger partial charge on any atom is 0.0571 e. The molecule has 0 atom stereocenters. The number of benzene rings is 3. The van der Waals surface area contributed by atoms with Crippen LogP contribution >= 0.6 is 0 Å². The molecule has 0 saturated carbocycles. The van der Waals surface area contributed by atoms with Gasteiger partial charge < -0.3 is 4.57 Å². The Hall–Kier alpha value is -2.80. The monoisotopic (exact) mass is 293 g/mol. The van der Waals surface area contributed by atoms with Crippen molar-refractivity contribution in [2.75, 3.05) is 0 Å². The third kappa shape index (κ3) is 1.34. The molecule has 1 aliphatic carbocycles. The highest BCUT2D eigenvalue weighted by atomic mass is 15.0. The minimum absolute atomic E-state index is 0.980. The molecule has 0 fully saturated rings. The molecule has 0 bridgehead atoms. The van der Waals surface area contributed by atoms with Crippen molar-refractivity contribution in [1.29, 1.82) is 0 Å². The van der Waals surface area contributed by atoms with Crippen LogP contribution in [-0.4, -0.2) is 4.57 Å². The van der Waals surface area contributed by atoms with Crippen LogP contribution in [-0.2, 0) is 13.0 Å². The van der Waals surface area contributed by atoms with E-state index in [4.69, 9.17) is 0 Å². The van der Waals surface area contributed by atoms with E-state index in [1.807, 2.05) is 0 Å². The minimum Gasteiger partial charge on any atom is -0.335 e. The van der Waals surface area contributed by atoms with Gasteiger partial charge in [-0.3, -0.25) is 0 Å². The zero-order valence-electron chi connectivity index (χ0n) is 12.7. The molecule has 4 aromatic rings. The smallest absolute Gasteiger partial charge is 0.0571 e. The number of nitrogens with zero attached hydrogens (tertiary/aromatic N) is 1. The first-order chi connectivity index (χ1) is 11.4. The van der Waals surface area contributed by atoms with Crippen LogP contribution in [0.5, 0.6) is 0 Å². The summed E-state index contributed by atoms with van der Waals surface area (Å²) >= 11 is 0. The summed E-state index contributed by atoms with van der Waals surface area (Å²) in [5, 5.41) is 1.43. The Bertz CT molecular complexity index is 1110. The van der Waals surface area contributed by atoms with E-state index in [2.05, 4.69) is 71.3 Å². The predicted octanol–water partition coefficient (Wildman–Crippen LogP) is 5.24. The summed E-state index contributed by atoms with van der Waals surface area (Å²) in [4.78, 5) is 0. The van der Waals surface area contributed by atoms with Gasteiger partial charge in [-0.25, -0.2) is 0 Å². The molecule has 0 spiro atoms. The summed E-state index contributed by atoms with van der Waals surface area (Å²) in [5.41, 5.74) is 11.5. The minimum atomic E-state index is 0.980. The van der Waals surface area contributed by atoms with Gasteiger partial charge in [0.25, 0.3) is 0 Å². The van der Waals surface area contributed by atoms with Gasteiger partial charge >= 0.3 is 0 Å². The molecule has 2 heterocycles. The Morgan fingerprint density at radius 1 is 0.652 bits per heavy atom. The van der Waals surface area contributed by atoms with E-state index in [1.54, 1.807) is 0 Å². The molecule has 0 radical (unpaired) electrons. The van der Waals surface area contributed by atoms with Crippen LogP contribution in [0.25, 0.3) is 33.3 Å². The van der Waals surface area contributed by atoms with Gasteiger partial charge in [-0.1, -0.05) is 66.7 Å². The lowest BCUT2D eigenvalue weighted by atomic mass is 9.94. The van der Waals surface area contributed by atoms with Crippen molar-refractivity contribution < 1.29 is 0 Å². The lowest BCUT2D eigenvalue weighted by Gasteiger charge is -2.21. The van der Waals surface area contributed by atoms with Crippen molar-refractivity contribution in [2.24, 2.45) is 0 Å². The Labute approximate surface area is 134 Å². The summed E-state index contributed by atoms with van der Waals surface area (Å²) in [6, 6.07) is 24.5. The van der Waals surface area contributed by atoms with E-state index in [-0.39, 0.29) is 0 Å². The van der Waals surface area contributed by atoms with Crippen molar-refractivity contribution in [3.63, 3.8) is 0 Å². The van der Waals surface area contributed by atoms with Crippen LogP contribution in [0, 0.1) is 0 Å². The molecular weight excluding hydrogens is 278 g/mol. The van der Waals surface area contributed by atoms with E-state index in [1.165, 1.54) is 50.0 Å². The van der Waals surface area contributed by atoms with Crippen LogP contribution in [0.3, 0.4) is 0 Å². The second kappa shape index (κ2) is 3.94. The van der Waals surface area contributed by atoms with Crippen molar-refractivity contribution >= 4 is 10.9 Å². The predicted molar refractivity (Wildman–Crippen MR) is 94.7 cm³/mol.